The van der Waals surface area contributed by atoms with E-state index in [0.717, 1.165) is 0 Å². The molecule has 0 spiro atoms. The molecule has 5 heavy (non-hydrogen) atoms. The number of ether oxygens (including phenoxy) is 1. The Kier molecular flexibility index (Phi) is 15.9. The van der Waals surface area contributed by atoms with Gasteiger partial charge in [0.15, 0.2) is 0 Å². The van der Waals surface area contributed by atoms with E-state index in [1.807, 2.05) is 0 Å². The Morgan fingerprint density at radius 3 is 2.00 bits per heavy atom. The summed E-state index contributed by atoms with van der Waals surface area (Å²) in [5.41, 5.74) is 0. The van der Waals surface area contributed by atoms with Gasteiger partial charge < -0.3 is 9.53 Å². The summed E-state index contributed by atoms with van der Waals surface area (Å²) >= 11 is 0. The average molecular weight is 155 g/mol. The van der Waals surface area contributed by atoms with Crippen LogP contribution < -0.4 is 0 Å². The first kappa shape index (κ1) is 8.94. The molecule has 0 heterocycles. The Labute approximate surface area is 44.8 Å². The third kappa shape index (κ3) is 14.4. The van der Waals surface area contributed by atoms with Gasteiger partial charge in [0.25, 0.3) is 0 Å². The van der Waals surface area contributed by atoms with Gasteiger partial charge in [-0.15, -0.1) is 0 Å². The van der Waals surface area contributed by atoms with Gasteiger partial charge in [-0.05, 0) is 0 Å². The van der Waals surface area contributed by atoms with E-state index in [-0.39, 0.29) is 21.1 Å². The predicted octanol–water partition coefficient (Wildman–Crippen LogP) is -0.302. The third-order valence-electron chi connectivity index (χ3n) is 0.0833. The van der Waals surface area contributed by atoms with Crippen LogP contribution in [0.15, 0.2) is 0 Å². The number of hydrogen-bond acceptors (Lipinski definition) is 2. The standard InChI is InChI=1S/C2H3O2.Mo/c1-4-2-3;/h1H3;/q-1;. The Morgan fingerprint density at radius 2 is 2.00 bits per heavy atom. The van der Waals surface area contributed by atoms with Gasteiger partial charge in [-0.3, -0.25) is 0 Å². The summed E-state index contributed by atoms with van der Waals surface area (Å²) in [4.78, 5) is 8.83. The first-order chi connectivity index (χ1) is 1.91. The van der Waals surface area contributed by atoms with E-state index in [0.29, 0.717) is 0 Å². The van der Waals surface area contributed by atoms with Gasteiger partial charge in [0.05, 0.1) is 0 Å². The average Bonchev–Trinajstić information content (AvgIpc) is 1.37. The van der Waals surface area contributed by atoms with Crippen molar-refractivity contribution in [2.75, 3.05) is 7.11 Å². The van der Waals surface area contributed by atoms with Crippen LogP contribution in [-0.4, -0.2) is 13.6 Å². The van der Waals surface area contributed by atoms with E-state index in [1.165, 1.54) is 13.6 Å². The van der Waals surface area contributed by atoms with E-state index >= 15 is 0 Å². The molecule has 0 atom stereocenters. The Morgan fingerprint density at radius 1 is 1.80 bits per heavy atom. The molecule has 0 aliphatic carbocycles. The van der Waals surface area contributed by atoms with Crippen molar-refractivity contribution in [3.8, 4) is 0 Å². The molecule has 30 valence electrons. The van der Waals surface area contributed by atoms with Gasteiger partial charge >= 0.3 is 0 Å². The maximum atomic E-state index is 8.83. The number of carbonyl (C=O) groups excluding carboxylic acids is 1. The van der Waals surface area contributed by atoms with Crippen LogP contribution in [0, 0.1) is 0 Å². The number of rotatable bonds is 1. The summed E-state index contributed by atoms with van der Waals surface area (Å²) in [5.74, 6) is 0. The third-order valence-corrected chi connectivity index (χ3v) is 0.0833. The van der Waals surface area contributed by atoms with Crippen LogP contribution in [0.25, 0.3) is 0 Å². The molecule has 0 aromatic rings. The van der Waals surface area contributed by atoms with Gasteiger partial charge in [-0.25, -0.2) is 0 Å². The van der Waals surface area contributed by atoms with Crippen molar-refractivity contribution in [2.24, 2.45) is 0 Å². The smallest absolute Gasteiger partial charge is 0.0362 e. The summed E-state index contributed by atoms with van der Waals surface area (Å²) in [6, 6.07) is 0. The van der Waals surface area contributed by atoms with Gasteiger partial charge in [0.1, 0.15) is 0 Å². The first-order valence-electron chi connectivity index (χ1n) is 0.816. The van der Waals surface area contributed by atoms with E-state index in [4.69, 9.17) is 4.79 Å². The zero-order chi connectivity index (χ0) is 3.41. The molecule has 0 aromatic heterocycles. The van der Waals surface area contributed by atoms with Crippen LogP contribution in [0.4, 0.5) is 0 Å². The quantitative estimate of drug-likeness (QED) is 0.383. The molecular weight excluding hydrogens is 152 g/mol. The first-order valence-corrected chi connectivity index (χ1v) is 0.816. The van der Waals surface area contributed by atoms with Crippen LogP contribution >= 0.6 is 0 Å². The van der Waals surface area contributed by atoms with Crippen LogP contribution in [0.3, 0.4) is 0 Å². The molecule has 0 saturated heterocycles. The minimum atomic E-state index is 0. The molecule has 0 aliphatic heterocycles. The van der Waals surface area contributed by atoms with Crippen LogP contribution in [0.1, 0.15) is 0 Å². The number of hydrogen-bond donors (Lipinski definition) is 0. The van der Waals surface area contributed by atoms with Crippen LogP contribution in [-0.2, 0) is 30.6 Å². The predicted molar refractivity (Wildman–Crippen MR) is 12.7 cm³/mol. The van der Waals surface area contributed by atoms with Gasteiger partial charge in [0, 0.05) is 28.2 Å². The monoisotopic (exact) mass is 157 g/mol. The minimum absolute atomic E-state index is 0. The summed E-state index contributed by atoms with van der Waals surface area (Å²) in [6.07, 6.45) is 0. The molecule has 0 amide bonds. The van der Waals surface area contributed by atoms with Crippen molar-refractivity contribution in [3.05, 3.63) is 0 Å². The van der Waals surface area contributed by atoms with Crippen molar-refractivity contribution in [2.45, 2.75) is 0 Å². The van der Waals surface area contributed by atoms with Crippen molar-refractivity contribution < 1.29 is 30.6 Å². The maximum Gasteiger partial charge on any atom is 0.0362 e. The SMILES string of the molecule is CO[C-]=O.[Mo]. The molecule has 2 nitrogen and oxygen atoms in total. The molecule has 0 bridgehead atoms. The largest absolute Gasteiger partial charge is 0.655 e. The van der Waals surface area contributed by atoms with Gasteiger partial charge in [0.2, 0.25) is 0 Å². The maximum absolute atomic E-state index is 8.83. The second-order valence-electron chi connectivity index (χ2n) is 0.287. The van der Waals surface area contributed by atoms with E-state index in [2.05, 4.69) is 4.74 Å². The molecule has 0 fully saturated rings. The molecule has 0 aromatic carbocycles. The fourth-order valence-electron chi connectivity index (χ4n) is 0. The van der Waals surface area contributed by atoms with Gasteiger partial charge in [-0.1, -0.05) is 6.47 Å². The molecule has 0 rings (SSSR count). The second kappa shape index (κ2) is 8.90. The van der Waals surface area contributed by atoms with Crippen molar-refractivity contribution >= 4 is 6.47 Å². The Bertz CT molecular complexity index is 21.6. The Balaban J connectivity index is 0. The van der Waals surface area contributed by atoms with Crippen LogP contribution in [0.2, 0.25) is 0 Å². The minimum Gasteiger partial charge on any atom is -0.655 e. The summed E-state index contributed by atoms with van der Waals surface area (Å²) < 4.78 is 3.74. The fourth-order valence-corrected chi connectivity index (χ4v) is 0. The number of methoxy groups -OCH3 is 1. The zero-order valence-corrected chi connectivity index (χ0v) is 4.73. The second-order valence-corrected chi connectivity index (χ2v) is 0.287. The Hall–Kier alpha value is 0.158. The van der Waals surface area contributed by atoms with Gasteiger partial charge in [-0.2, -0.15) is 0 Å². The van der Waals surface area contributed by atoms with E-state index in [9.17, 15) is 0 Å². The topological polar surface area (TPSA) is 26.3 Å². The normalized spacial score (nSPS) is 4.20. The molecule has 0 N–H and O–H groups in total. The molecule has 0 radical (unpaired) electrons. The van der Waals surface area contributed by atoms with Crippen molar-refractivity contribution in [3.63, 3.8) is 0 Å². The fraction of sp³-hybridized carbons (Fsp3) is 0.500. The summed E-state index contributed by atoms with van der Waals surface area (Å²) in [7, 11) is 1.26. The molecule has 0 saturated carbocycles. The molecular formula is C2H3MoO2-. The van der Waals surface area contributed by atoms with E-state index < -0.39 is 0 Å². The molecule has 0 aliphatic rings. The molecule has 3 heteroatoms. The van der Waals surface area contributed by atoms with Crippen molar-refractivity contribution in [1.29, 1.82) is 0 Å². The van der Waals surface area contributed by atoms with Crippen LogP contribution in [0.5, 0.6) is 0 Å². The molecule has 0 unspecified atom stereocenters. The summed E-state index contributed by atoms with van der Waals surface area (Å²) in [5, 5.41) is 0. The zero-order valence-electron chi connectivity index (χ0n) is 2.72. The van der Waals surface area contributed by atoms with Crippen molar-refractivity contribution in [1.82, 2.24) is 0 Å². The summed E-state index contributed by atoms with van der Waals surface area (Å²) in [6.45, 7) is 1.18. The van der Waals surface area contributed by atoms with E-state index in [1.54, 1.807) is 0 Å².